The Bertz CT molecular complexity index is 3140. The summed E-state index contributed by atoms with van der Waals surface area (Å²) in [6, 6.07) is 67.7. The first-order valence-corrected chi connectivity index (χ1v) is 22.4. The minimum atomic E-state index is -0.0949. The molecule has 2 heterocycles. The molecule has 0 radical (unpaired) electrons. The Morgan fingerprint density at radius 1 is 0.508 bits per heavy atom. The van der Waals surface area contributed by atoms with E-state index >= 15 is 0 Å². The average Bonchev–Trinajstić information content (AvgIpc) is 3.54. The third-order valence-corrected chi connectivity index (χ3v) is 14.5. The number of aryl methyl sites for hydroxylation is 1. The van der Waals surface area contributed by atoms with Gasteiger partial charge in [-0.15, -0.1) is 0 Å². The van der Waals surface area contributed by atoms with E-state index in [0.717, 1.165) is 13.0 Å². The first kappa shape index (κ1) is 36.1. The summed E-state index contributed by atoms with van der Waals surface area (Å²) in [4.78, 5) is 7.55. The van der Waals surface area contributed by atoms with Crippen LogP contribution in [0.5, 0.6) is 0 Å². The lowest BCUT2D eigenvalue weighted by atomic mass is 9.81. The number of fused-ring (bicyclic) bond motifs is 8. The number of para-hydroxylation sites is 3. The van der Waals surface area contributed by atoms with Crippen LogP contribution in [0.1, 0.15) is 48.1 Å². The second-order valence-corrected chi connectivity index (χ2v) is 18.3. The molecule has 0 spiro atoms. The third kappa shape index (κ3) is 5.79. The van der Waals surface area contributed by atoms with Gasteiger partial charge in [0.15, 0.2) is 0 Å². The molecule has 61 heavy (non-hydrogen) atoms. The van der Waals surface area contributed by atoms with Crippen LogP contribution in [0.2, 0.25) is 0 Å². The number of rotatable bonds is 5. The van der Waals surface area contributed by atoms with Gasteiger partial charge in [0.1, 0.15) is 0 Å². The summed E-state index contributed by atoms with van der Waals surface area (Å²) < 4.78 is 0. The van der Waals surface area contributed by atoms with Gasteiger partial charge < -0.3 is 9.80 Å². The fourth-order valence-electron chi connectivity index (χ4n) is 10.4. The van der Waals surface area contributed by atoms with Crippen LogP contribution in [0.15, 0.2) is 192 Å². The molecular weight excluding hydrogens is 757 g/mol. The zero-order valence-corrected chi connectivity index (χ0v) is 35.2. The van der Waals surface area contributed by atoms with Gasteiger partial charge in [-0.2, -0.15) is 0 Å². The Morgan fingerprint density at radius 3 is 1.74 bits per heavy atom. The Kier molecular flexibility index (Phi) is 8.37. The van der Waals surface area contributed by atoms with Gasteiger partial charge in [-0.05, 0) is 116 Å². The molecule has 12 rings (SSSR count). The molecule has 9 aromatic carbocycles. The summed E-state index contributed by atoms with van der Waals surface area (Å²) in [5.41, 5.74) is 18.1. The van der Waals surface area contributed by atoms with Crippen LogP contribution < -0.4 is 9.80 Å². The highest BCUT2D eigenvalue weighted by Crippen LogP contribution is 2.56. The maximum absolute atomic E-state index is 2.52. The highest BCUT2D eigenvalue weighted by atomic mass is 32.2. The van der Waals surface area contributed by atoms with E-state index in [9.17, 15) is 0 Å². The summed E-state index contributed by atoms with van der Waals surface area (Å²) in [5, 5.41) is 4.99. The molecule has 0 unspecified atom stereocenters. The lowest BCUT2D eigenvalue weighted by molar-refractivity contribution is 0.659. The van der Waals surface area contributed by atoms with Crippen LogP contribution in [0.4, 0.5) is 28.4 Å². The summed E-state index contributed by atoms with van der Waals surface area (Å²) in [7, 11) is 0. The van der Waals surface area contributed by atoms with Crippen molar-refractivity contribution in [3.8, 4) is 22.3 Å². The van der Waals surface area contributed by atoms with E-state index in [1.54, 1.807) is 0 Å². The first-order chi connectivity index (χ1) is 30.0. The van der Waals surface area contributed by atoms with E-state index in [-0.39, 0.29) is 5.41 Å². The monoisotopic (exact) mass is 800 g/mol. The van der Waals surface area contributed by atoms with Gasteiger partial charge in [-0.3, -0.25) is 0 Å². The third-order valence-electron chi connectivity index (χ3n) is 13.3. The average molecular weight is 801 g/mol. The molecule has 0 saturated carbocycles. The number of benzene rings is 9. The quantitative estimate of drug-likeness (QED) is 0.126. The van der Waals surface area contributed by atoms with Crippen molar-refractivity contribution in [2.75, 3.05) is 16.3 Å². The van der Waals surface area contributed by atoms with Gasteiger partial charge in [-0.25, -0.2) is 0 Å². The molecule has 0 saturated heterocycles. The highest BCUT2D eigenvalue weighted by molar-refractivity contribution is 7.99. The molecule has 292 valence electrons. The molecule has 0 bridgehead atoms. The summed E-state index contributed by atoms with van der Waals surface area (Å²) in [5.74, 6) is 0. The largest absolute Gasteiger partial charge is 0.341 e. The molecule has 0 fully saturated rings. The number of anilines is 5. The van der Waals surface area contributed by atoms with Gasteiger partial charge >= 0.3 is 0 Å². The molecule has 0 N–H and O–H groups in total. The van der Waals surface area contributed by atoms with Crippen molar-refractivity contribution >= 4 is 73.9 Å². The van der Waals surface area contributed by atoms with E-state index in [2.05, 4.69) is 218 Å². The zero-order chi connectivity index (χ0) is 40.7. The van der Waals surface area contributed by atoms with E-state index in [0.29, 0.717) is 0 Å². The Morgan fingerprint density at radius 2 is 1.05 bits per heavy atom. The fourth-order valence-corrected chi connectivity index (χ4v) is 11.4. The Hall–Kier alpha value is -6.81. The van der Waals surface area contributed by atoms with Gasteiger partial charge in [0.05, 0.1) is 17.1 Å². The van der Waals surface area contributed by atoms with Gasteiger partial charge in [0.25, 0.3) is 0 Å². The van der Waals surface area contributed by atoms with Crippen LogP contribution in [0.3, 0.4) is 0 Å². The van der Waals surface area contributed by atoms with Crippen LogP contribution in [-0.2, 0) is 11.8 Å². The van der Waals surface area contributed by atoms with Gasteiger partial charge in [-0.1, -0.05) is 177 Å². The topological polar surface area (TPSA) is 6.48 Å². The molecular formula is C58H44N2S. The molecule has 0 amide bonds. The second-order valence-electron chi connectivity index (χ2n) is 17.2. The van der Waals surface area contributed by atoms with Crippen molar-refractivity contribution in [3.05, 3.63) is 210 Å². The maximum atomic E-state index is 2.52. The maximum Gasteiger partial charge on any atom is 0.0619 e. The molecule has 2 nitrogen and oxygen atoms in total. The lowest BCUT2D eigenvalue weighted by Crippen LogP contribution is -2.25. The van der Waals surface area contributed by atoms with E-state index < -0.39 is 0 Å². The molecule has 9 aromatic rings. The van der Waals surface area contributed by atoms with Crippen molar-refractivity contribution in [2.24, 2.45) is 0 Å². The van der Waals surface area contributed by atoms with E-state index in [4.69, 9.17) is 0 Å². The molecule has 1 aliphatic carbocycles. The summed E-state index contributed by atoms with van der Waals surface area (Å²) in [6.07, 6.45) is 6.87. The smallest absolute Gasteiger partial charge is 0.0619 e. The first-order valence-electron chi connectivity index (χ1n) is 21.5. The minimum Gasteiger partial charge on any atom is -0.341 e. The molecule has 0 aromatic heterocycles. The minimum absolute atomic E-state index is 0.0949. The normalized spacial score (nSPS) is 14.8. The standard InChI is InChI=1S/C58H44N2S/c1-58(2)49-36-39(29-33-43(49)44-34-32-42(37-50(44)58)59-35-13-15-40-14-3-8-20-51(40)59)26-25-38-27-30-41(31-28-38)56-45-16-4-6-18-47(45)57(48-19-7-5-17-46(48)56)60-52-21-9-11-23-54(52)61-55-24-12-10-22-53(55)60/h3-12,14,16-34,36-37H,13,15,35H2,1-2H3/b26-25+. The van der Waals surface area contributed by atoms with Gasteiger partial charge in [0.2, 0.25) is 0 Å². The number of hydrogen-bond acceptors (Lipinski definition) is 3. The van der Waals surface area contributed by atoms with Crippen LogP contribution >= 0.6 is 11.8 Å². The Balaban J connectivity index is 0.880. The predicted molar refractivity (Wildman–Crippen MR) is 260 cm³/mol. The van der Waals surface area contributed by atoms with Crippen molar-refractivity contribution in [2.45, 2.75) is 41.9 Å². The van der Waals surface area contributed by atoms with E-state index in [1.807, 2.05) is 11.8 Å². The summed E-state index contributed by atoms with van der Waals surface area (Å²) >= 11 is 1.85. The lowest BCUT2D eigenvalue weighted by Gasteiger charge is -2.35. The molecule has 3 heteroatoms. The molecule has 2 aliphatic heterocycles. The highest BCUT2D eigenvalue weighted by Gasteiger charge is 2.36. The van der Waals surface area contributed by atoms with Crippen molar-refractivity contribution < 1.29 is 0 Å². The van der Waals surface area contributed by atoms with Crippen molar-refractivity contribution in [1.29, 1.82) is 0 Å². The Labute approximate surface area is 362 Å². The van der Waals surface area contributed by atoms with E-state index in [1.165, 1.54) is 116 Å². The summed E-state index contributed by atoms with van der Waals surface area (Å²) in [6.45, 7) is 5.84. The SMILES string of the molecule is CC1(C)c2cc(/C=C/c3ccc(-c4c5ccccc5c(N5c6ccccc6Sc6ccccc65)c5ccccc45)cc3)ccc2-c2ccc(N3CCCc4ccccc43)cc21. The molecule has 3 aliphatic rings. The van der Waals surface area contributed by atoms with Crippen molar-refractivity contribution in [3.63, 3.8) is 0 Å². The van der Waals surface area contributed by atoms with Crippen LogP contribution in [0.25, 0.3) is 56.0 Å². The predicted octanol–water partition coefficient (Wildman–Crippen LogP) is 16.2. The number of nitrogens with zero attached hydrogens (tertiary/aromatic N) is 2. The van der Waals surface area contributed by atoms with Crippen molar-refractivity contribution in [1.82, 2.24) is 0 Å². The van der Waals surface area contributed by atoms with Crippen LogP contribution in [-0.4, -0.2) is 6.54 Å². The van der Waals surface area contributed by atoms with Gasteiger partial charge in [0, 0.05) is 43.9 Å². The second kappa shape index (κ2) is 14.1. The fraction of sp³-hybridized carbons (Fsp3) is 0.103. The zero-order valence-electron chi connectivity index (χ0n) is 34.4. The molecule has 0 atom stereocenters. The number of hydrogen-bond donors (Lipinski definition) is 0. The van der Waals surface area contributed by atoms with Crippen LogP contribution in [0, 0.1) is 0 Å².